The second-order valence-electron chi connectivity index (χ2n) is 3.46. The molecule has 72 valence electrons. The highest BCUT2D eigenvalue weighted by Crippen LogP contribution is 2.24. The van der Waals surface area contributed by atoms with Crippen molar-refractivity contribution in [1.82, 2.24) is 9.55 Å². The van der Waals surface area contributed by atoms with Crippen LogP contribution in [-0.2, 0) is 13.0 Å². The number of fused-ring (bicyclic) bond motifs is 1. The van der Waals surface area contributed by atoms with Crippen LogP contribution in [0.4, 0.5) is 0 Å². The quantitative estimate of drug-likeness (QED) is 0.685. The molecule has 0 aliphatic carbocycles. The normalized spacial score (nSPS) is 21.5. The zero-order valence-corrected chi connectivity index (χ0v) is 7.61. The Balaban J connectivity index is 2.30. The first-order valence-corrected chi connectivity index (χ1v) is 4.75. The highest BCUT2D eigenvalue weighted by Gasteiger charge is 2.20. The molecule has 1 atom stereocenters. The topological polar surface area (TPSA) is 64.1 Å². The van der Waals surface area contributed by atoms with E-state index in [4.69, 9.17) is 5.73 Å². The molecule has 0 radical (unpaired) electrons. The number of nitrogens with two attached hydrogens (primary N) is 1. The average molecular weight is 181 g/mol. The van der Waals surface area contributed by atoms with E-state index in [0.29, 0.717) is 6.54 Å². The van der Waals surface area contributed by atoms with Gasteiger partial charge in [0.15, 0.2) is 0 Å². The number of aliphatic hydroxyl groups is 1. The van der Waals surface area contributed by atoms with Crippen molar-refractivity contribution in [2.75, 3.05) is 6.54 Å². The molecule has 2 rings (SSSR count). The number of hydrogen-bond donors (Lipinski definition) is 2. The van der Waals surface area contributed by atoms with Gasteiger partial charge in [-0.15, -0.1) is 0 Å². The maximum Gasteiger partial charge on any atom is 0.137 e. The zero-order chi connectivity index (χ0) is 9.26. The van der Waals surface area contributed by atoms with Crippen LogP contribution in [0, 0.1) is 0 Å². The Morgan fingerprint density at radius 1 is 1.69 bits per heavy atom. The molecule has 1 aliphatic rings. The van der Waals surface area contributed by atoms with Gasteiger partial charge in [0.1, 0.15) is 11.9 Å². The van der Waals surface area contributed by atoms with Gasteiger partial charge in [0.2, 0.25) is 0 Å². The van der Waals surface area contributed by atoms with Crippen LogP contribution >= 0.6 is 0 Å². The lowest BCUT2D eigenvalue weighted by atomic mass is 10.1. The third kappa shape index (κ3) is 1.47. The number of imidazole rings is 1. The molecule has 2 heterocycles. The van der Waals surface area contributed by atoms with Gasteiger partial charge in [-0.3, -0.25) is 0 Å². The minimum Gasteiger partial charge on any atom is -0.385 e. The minimum atomic E-state index is -0.375. The number of aromatic nitrogens is 2. The molecular weight excluding hydrogens is 166 g/mol. The number of rotatable bonds is 2. The number of nitrogens with zero attached hydrogens (tertiary/aromatic N) is 2. The summed E-state index contributed by atoms with van der Waals surface area (Å²) in [5.74, 6) is 0.815. The molecule has 1 unspecified atom stereocenters. The molecule has 0 fully saturated rings. The summed E-state index contributed by atoms with van der Waals surface area (Å²) in [4.78, 5) is 4.21. The van der Waals surface area contributed by atoms with Crippen LogP contribution in [0.5, 0.6) is 0 Å². The summed E-state index contributed by atoms with van der Waals surface area (Å²) >= 11 is 0. The van der Waals surface area contributed by atoms with Crippen LogP contribution in [0.15, 0.2) is 6.20 Å². The number of aliphatic hydroxyl groups excluding tert-OH is 1. The van der Waals surface area contributed by atoms with Gasteiger partial charge >= 0.3 is 0 Å². The molecule has 1 aromatic rings. The van der Waals surface area contributed by atoms with Gasteiger partial charge in [-0.05, 0) is 19.4 Å². The van der Waals surface area contributed by atoms with Gasteiger partial charge < -0.3 is 15.4 Å². The van der Waals surface area contributed by atoms with Crippen molar-refractivity contribution in [3.8, 4) is 0 Å². The average Bonchev–Trinajstić information content (AvgIpc) is 2.51. The Hall–Kier alpha value is -0.870. The molecule has 4 heteroatoms. The molecule has 1 aliphatic heterocycles. The highest BCUT2D eigenvalue weighted by atomic mass is 16.3. The molecule has 0 saturated heterocycles. The molecular formula is C9H15N3O. The summed E-state index contributed by atoms with van der Waals surface area (Å²) in [5, 5.41) is 9.63. The largest absolute Gasteiger partial charge is 0.385 e. The fraction of sp³-hybridized carbons (Fsp3) is 0.667. The lowest BCUT2D eigenvalue weighted by Crippen LogP contribution is -2.18. The second kappa shape index (κ2) is 3.47. The Morgan fingerprint density at radius 2 is 2.54 bits per heavy atom. The van der Waals surface area contributed by atoms with Crippen LogP contribution < -0.4 is 5.73 Å². The van der Waals surface area contributed by atoms with Crippen LogP contribution in [0.25, 0.3) is 0 Å². The van der Waals surface area contributed by atoms with E-state index in [1.807, 2.05) is 6.20 Å². The van der Waals surface area contributed by atoms with Crippen molar-refractivity contribution in [1.29, 1.82) is 0 Å². The lowest BCUT2D eigenvalue weighted by Gasteiger charge is -2.20. The SMILES string of the molecule is NCCc1cnc2n1CCCC2O. The van der Waals surface area contributed by atoms with Crippen LogP contribution in [0.2, 0.25) is 0 Å². The van der Waals surface area contributed by atoms with Crippen molar-refractivity contribution in [3.63, 3.8) is 0 Å². The Labute approximate surface area is 77.4 Å². The first-order valence-electron chi connectivity index (χ1n) is 4.75. The second-order valence-corrected chi connectivity index (χ2v) is 3.46. The predicted octanol–water partition coefficient (Wildman–Crippen LogP) is 0.211. The fourth-order valence-corrected chi connectivity index (χ4v) is 1.87. The van der Waals surface area contributed by atoms with E-state index in [9.17, 15) is 5.11 Å². The van der Waals surface area contributed by atoms with Crippen molar-refractivity contribution in [2.45, 2.75) is 31.9 Å². The van der Waals surface area contributed by atoms with E-state index in [-0.39, 0.29) is 6.10 Å². The predicted molar refractivity (Wildman–Crippen MR) is 49.2 cm³/mol. The Bertz CT molecular complexity index is 295. The molecule has 0 spiro atoms. The third-order valence-electron chi connectivity index (χ3n) is 2.53. The fourth-order valence-electron chi connectivity index (χ4n) is 1.87. The van der Waals surface area contributed by atoms with E-state index in [0.717, 1.165) is 37.3 Å². The van der Waals surface area contributed by atoms with E-state index in [2.05, 4.69) is 9.55 Å². The molecule has 0 aromatic carbocycles. The third-order valence-corrected chi connectivity index (χ3v) is 2.53. The van der Waals surface area contributed by atoms with Crippen molar-refractivity contribution in [2.24, 2.45) is 5.73 Å². The van der Waals surface area contributed by atoms with Crippen LogP contribution in [0.3, 0.4) is 0 Å². The Kier molecular flexibility index (Phi) is 2.33. The van der Waals surface area contributed by atoms with Crippen LogP contribution in [0.1, 0.15) is 30.5 Å². The first kappa shape index (κ1) is 8.72. The standard InChI is InChI=1S/C9H15N3O/c10-4-3-7-6-11-9-8(13)2-1-5-12(7)9/h6,8,13H,1-5,10H2. The summed E-state index contributed by atoms with van der Waals surface area (Å²) in [6, 6.07) is 0. The van der Waals surface area contributed by atoms with Crippen molar-refractivity contribution in [3.05, 3.63) is 17.7 Å². The summed E-state index contributed by atoms with van der Waals surface area (Å²) in [6.45, 7) is 1.61. The summed E-state index contributed by atoms with van der Waals surface area (Å²) in [5.41, 5.74) is 6.63. The molecule has 0 saturated carbocycles. The molecule has 1 aromatic heterocycles. The van der Waals surface area contributed by atoms with Gasteiger partial charge in [-0.25, -0.2) is 4.98 Å². The summed E-state index contributed by atoms with van der Waals surface area (Å²) in [7, 11) is 0. The number of hydrogen-bond acceptors (Lipinski definition) is 3. The molecule has 3 N–H and O–H groups in total. The summed E-state index contributed by atoms with van der Waals surface area (Å²) in [6.07, 6.45) is 4.16. The molecule has 4 nitrogen and oxygen atoms in total. The molecule has 0 amide bonds. The van der Waals surface area contributed by atoms with Crippen LogP contribution in [-0.4, -0.2) is 21.2 Å². The highest BCUT2D eigenvalue weighted by molar-refractivity contribution is 5.09. The van der Waals surface area contributed by atoms with E-state index in [1.165, 1.54) is 0 Å². The maximum absolute atomic E-state index is 9.63. The van der Waals surface area contributed by atoms with Gasteiger partial charge in [0.05, 0.1) is 0 Å². The van der Waals surface area contributed by atoms with Gasteiger partial charge in [0.25, 0.3) is 0 Å². The van der Waals surface area contributed by atoms with E-state index >= 15 is 0 Å². The molecule has 0 bridgehead atoms. The smallest absolute Gasteiger partial charge is 0.137 e. The zero-order valence-electron chi connectivity index (χ0n) is 7.61. The summed E-state index contributed by atoms with van der Waals surface area (Å²) < 4.78 is 2.10. The van der Waals surface area contributed by atoms with E-state index in [1.54, 1.807) is 0 Å². The van der Waals surface area contributed by atoms with Crippen molar-refractivity contribution < 1.29 is 5.11 Å². The molecule has 13 heavy (non-hydrogen) atoms. The minimum absolute atomic E-state index is 0.375. The monoisotopic (exact) mass is 181 g/mol. The van der Waals surface area contributed by atoms with Gasteiger partial charge in [-0.2, -0.15) is 0 Å². The Morgan fingerprint density at radius 3 is 3.31 bits per heavy atom. The first-order chi connectivity index (χ1) is 6.33. The van der Waals surface area contributed by atoms with Gasteiger partial charge in [0, 0.05) is 24.9 Å². The van der Waals surface area contributed by atoms with Gasteiger partial charge in [-0.1, -0.05) is 0 Å². The maximum atomic E-state index is 9.63. The van der Waals surface area contributed by atoms with E-state index < -0.39 is 0 Å². The lowest BCUT2D eigenvalue weighted by molar-refractivity contribution is 0.133. The van der Waals surface area contributed by atoms with Crippen molar-refractivity contribution >= 4 is 0 Å².